The van der Waals surface area contributed by atoms with Crippen LogP contribution in [0, 0.1) is 5.82 Å². The molecule has 1 aliphatic rings. The molecule has 0 unspecified atom stereocenters. The highest BCUT2D eigenvalue weighted by Gasteiger charge is 2.21. The van der Waals surface area contributed by atoms with Crippen molar-refractivity contribution in [1.82, 2.24) is 0 Å². The van der Waals surface area contributed by atoms with Crippen LogP contribution in [0.5, 0.6) is 0 Å². The van der Waals surface area contributed by atoms with Crippen LogP contribution in [0.2, 0.25) is 0 Å². The molecule has 0 aliphatic heterocycles. The van der Waals surface area contributed by atoms with Crippen LogP contribution in [0.3, 0.4) is 0 Å². The van der Waals surface area contributed by atoms with Gasteiger partial charge in [-0.25, -0.2) is 9.18 Å². The lowest BCUT2D eigenvalue weighted by Gasteiger charge is -2.12. The van der Waals surface area contributed by atoms with Crippen LogP contribution in [-0.2, 0) is 4.74 Å². The molecule has 2 rings (SSSR count). The molecule has 0 saturated heterocycles. The maximum Gasteiger partial charge on any atom is 0.340 e. The number of nitrogen functional groups attached to an aromatic ring is 1. The Bertz CT molecular complexity index is 400. The number of hydrogen-bond donors (Lipinski definition) is 1. The van der Waals surface area contributed by atoms with Gasteiger partial charge in [0.15, 0.2) is 0 Å². The molecule has 0 amide bonds. The minimum atomic E-state index is -0.583. The second-order valence-corrected chi connectivity index (χ2v) is 4.01. The van der Waals surface area contributed by atoms with Gasteiger partial charge < -0.3 is 10.5 Å². The Hall–Kier alpha value is -1.58. The average molecular weight is 223 g/mol. The molecule has 0 spiro atoms. The van der Waals surface area contributed by atoms with Crippen LogP contribution in [0.15, 0.2) is 18.2 Å². The van der Waals surface area contributed by atoms with E-state index in [4.69, 9.17) is 10.5 Å². The minimum Gasteiger partial charge on any atom is -0.459 e. The minimum absolute atomic E-state index is 0.0323. The fourth-order valence-electron chi connectivity index (χ4n) is 1.94. The molecule has 1 aromatic rings. The summed E-state index contributed by atoms with van der Waals surface area (Å²) in [7, 11) is 0. The van der Waals surface area contributed by atoms with E-state index in [-0.39, 0.29) is 17.4 Å². The van der Waals surface area contributed by atoms with Gasteiger partial charge >= 0.3 is 5.97 Å². The van der Waals surface area contributed by atoms with E-state index in [0.29, 0.717) is 0 Å². The molecule has 0 bridgehead atoms. The van der Waals surface area contributed by atoms with Gasteiger partial charge in [0.1, 0.15) is 11.9 Å². The number of carbonyl (C=O) groups is 1. The lowest BCUT2D eigenvalue weighted by molar-refractivity contribution is 0.0318. The van der Waals surface area contributed by atoms with Crippen molar-refractivity contribution in [3.8, 4) is 0 Å². The molecular formula is C12H14FNO2. The quantitative estimate of drug-likeness (QED) is 0.619. The number of halogens is 1. The topological polar surface area (TPSA) is 52.3 Å². The summed E-state index contributed by atoms with van der Waals surface area (Å²) in [6, 6.07) is 4.16. The molecule has 1 fully saturated rings. The van der Waals surface area contributed by atoms with E-state index in [1.54, 1.807) is 0 Å². The summed E-state index contributed by atoms with van der Waals surface area (Å²) in [5.41, 5.74) is 5.47. The van der Waals surface area contributed by atoms with Crippen LogP contribution in [0.25, 0.3) is 0 Å². The van der Waals surface area contributed by atoms with E-state index in [0.717, 1.165) is 25.7 Å². The van der Waals surface area contributed by atoms with Crippen molar-refractivity contribution in [3.05, 3.63) is 29.6 Å². The van der Waals surface area contributed by atoms with Gasteiger partial charge in [0, 0.05) is 0 Å². The zero-order valence-corrected chi connectivity index (χ0v) is 8.91. The van der Waals surface area contributed by atoms with E-state index < -0.39 is 11.8 Å². The Morgan fingerprint density at radius 1 is 1.38 bits per heavy atom. The van der Waals surface area contributed by atoms with Crippen LogP contribution < -0.4 is 5.73 Å². The lowest BCUT2D eigenvalue weighted by Crippen LogP contribution is -2.16. The van der Waals surface area contributed by atoms with Crippen molar-refractivity contribution < 1.29 is 13.9 Å². The van der Waals surface area contributed by atoms with Crippen molar-refractivity contribution >= 4 is 11.7 Å². The molecule has 86 valence electrons. The van der Waals surface area contributed by atoms with Crippen LogP contribution in [0.1, 0.15) is 36.0 Å². The second kappa shape index (κ2) is 4.51. The van der Waals surface area contributed by atoms with E-state index >= 15 is 0 Å². The number of para-hydroxylation sites is 1. The number of benzene rings is 1. The highest BCUT2D eigenvalue weighted by Crippen LogP contribution is 2.24. The van der Waals surface area contributed by atoms with E-state index in [1.165, 1.54) is 18.2 Å². The van der Waals surface area contributed by atoms with Gasteiger partial charge in [-0.05, 0) is 37.8 Å². The van der Waals surface area contributed by atoms with Crippen LogP contribution in [-0.4, -0.2) is 12.1 Å². The Morgan fingerprint density at radius 3 is 2.75 bits per heavy atom. The van der Waals surface area contributed by atoms with Gasteiger partial charge in [0.05, 0.1) is 11.3 Å². The van der Waals surface area contributed by atoms with Gasteiger partial charge in [0.25, 0.3) is 0 Å². The maximum absolute atomic E-state index is 13.1. The largest absolute Gasteiger partial charge is 0.459 e. The maximum atomic E-state index is 13.1. The number of nitrogens with two attached hydrogens (primary N) is 1. The summed E-state index contributed by atoms with van der Waals surface area (Å²) in [4.78, 5) is 11.7. The zero-order chi connectivity index (χ0) is 11.5. The molecule has 4 heteroatoms. The standard InChI is InChI=1S/C12H14FNO2/c13-10-7-3-6-9(11(10)14)12(15)16-8-4-1-2-5-8/h3,6-8H,1-2,4-5,14H2. The molecule has 2 N–H and O–H groups in total. The van der Waals surface area contributed by atoms with Gasteiger partial charge in [-0.3, -0.25) is 0 Å². The fraction of sp³-hybridized carbons (Fsp3) is 0.417. The summed E-state index contributed by atoms with van der Waals surface area (Å²) >= 11 is 0. The Balaban J connectivity index is 2.11. The summed E-state index contributed by atoms with van der Waals surface area (Å²) in [5.74, 6) is -1.11. The van der Waals surface area contributed by atoms with E-state index in [2.05, 4.69) is 0 Å². The molecule has 1 saturated carbocycles. The second-order valence-electron chi connectivity index (χ2n) is 4.01. The SMILES string of the molecule is Nc1c(F)cccc1C(=O)OC1CCCC1. The predicted molar refractivity (Wildman–Crippen MR) is 58.5 cm³/mol. The number of rotatable bonds is 2. The molecule has 0 heterocycles. The first-order valence-corrected chi connectivity index (χ1v) is 5.43. The fourth-order valence-corrected chi connectivity index (χ4v) is 1.94. The smallest absolute Gasteiger partial charge is 0.340 e. The highest BCUT2D eigenvalue weighted by molar-refractivity contribution is 5.95. The summed E-state index contributed by atoms with van der Waals surface area (Å²) in [5, 5.41) is 0. The van der Waals surface area contributed by atoms with Crippen molar-refractivity contribution in [2.75, 3.05) is 5.73 Å². The summed E-state index contributed by atoms with van der Waals surface area (Å²) < 4.78 is 18.4. The third-order valence-corrected chi connectivity index (χ3v) is 2.85. The Labute approximate surface area is 93.4 Å². The summed E-state index contributed by atoms with van der Waals surface area (Å²) in [6.07, 6.45) is 3.91. The first kappa shape index (κ1) is 10.9. The first-order chi connectivity index (χ1) is 7.68. The highest BCUT2D eigenvalue weighted by atomic mass is 19.1. The number of esters is 1. The third-order valence-electron chi connectivity index (χ3n) is 2.85. The van der Waals surface area contributed by atoms with Gasteiger partial charge in [-0.1, -0.05) is 6.07 Å². The van der Waals surface area contributed by atoms with E-state index in [1.807, 2.05) is 0 Å². The number of carbonyl (C=O) groups excluding carboxylic acids is 1. The zero-order valence-electron chi connectivity index (χ0n) is 8.91. The number of anilines is 1. The van der Waals surface area contributed by atoms with Crippen molar-refractivity contribution in [2.24, 2.45) is 0 Å². The predicted octanol–water partition coefficient (Wildman–Crippen LogP) is 2.51. The van der Waals surface area contributed by atoms with E-state index in [9.17, 15) is 9.18 Å². The summed E-state index contributed by atoms with van der Waals surface area (Å²) in [6.45, 7) is 0. The van der Waals surface area contributed by atoms with Crippen molar-refractivity contribution in [2.45, 2.75) is 31.8 Å². The van der Waals surface area contributed by atoms with Crippen LogP contribution >= 0.6 is 0 Å². The molecule has 1 aliphatic carbocycles. The van der Waals surface area contributed by atoms with Crippen LogP contribution in [0.4, 0.5) is 10.1 Å². The molecule has 3 nitrogen and oxygen atoms in total. The Morgan fingerprint density at radius 2 is 2.06 bits per heavy atom. The van der Waals surface area contributed by atoms with Gasteiger partial charge in [0.2, 0.25) is 0 Å². The molecule has 16 heavy (non-hydrogen) atoms. The average Bonchev–Trinajstić information content (AvgIpc) is 2.74. The monoisotopic (exact) mass is 223 g/mol. The van der Waals surface area contributed by atoms with Crippen molar-refractivity contribution in [1.29, 1.82) is 0 Å². The molecule has 0 aromatic heterocycles. The third kappa shape index (κ3) is 2.15. The number of ether oxygens (including phenoxy) is 1. The van der Waals surface area contributed by atoms with Crippen molar-refractivity contribution in [3.63, 3.8) is 0 Å². The first-order valence-electron chi connectivity index (χ1n) is 5.43. The number of hydrogen-bond acceptors (Lipinski definition) is 3. The molecular weight excluding hydrogens is 209 g/mol. The molecule has 0 atom stereocenters. The lowest BCUT2D eigenvalue weighted by atomic mass is 10.1. The Kier molecular flexibility index (Phi) is 3.08. The normalized spacial score (nSPS) is 16.3. The molecule has 1 aromatic carbocycles. The van der Waals surface area contributed by atoms with Gasteiger partial charge in [-0.15, -0.1) is 0 Å². The van der Waals surface area contributed by atoms with Gasteiger partial charge in [-0.2, -0.15) is 0 Å². The molecule has 0 radical (unpaired) electrons.